The monoisotopic (exact) mass is 361 g/mol. The zero-order valence-electron chi connectivity index (χ0n) is 15.6. The number of para-hydroxylation sites is 1. The molecule has 7 nitrogen and oxygen atoms in total. The van der Waals surface area contributed by atoms with Gasteiger partial charge in [-0.2, -0.15) is 5.10 Å². The topological polar surface area (TPSA) is 85.8 Å². The van der Waals surface area contributed by atoms with Crippen molar-refractivity contribution in [2.24, 2.45) is 7.05 Å². The average molecular weight is 361 g/mol. The van der Waals surface area contributed by atoms with Crippen LogP contribution in [0.1, 0.15) is 27.5 Å². The summed E-state index contributed by atoms with van der Waals surface area (Å²) in [5.41, 5.74) is 5.12. The second-order valence-electron chi connectivity index (χ2n) is 6.49. The van der Waals surface area contributed by atoms with Crippen LogP contribution in [-0.2, 0) is 7.05 Å². The molecule has 0 saturated heterocycles. The van der Waals surface area contributed by atoms with Gasteiger partial charge in [-0.15, -0.1) is 0 Å². The van der Waals surface area contributed by atoms with Gasteiger partial charge in [-0.3, -0.25) is 9.48 Å². The maximum absolute atomic E-state index is 13.1. The summed E-state index contributed by atoms with van der Waals surface area (Å²) < 4.78 is 6.93. The molecule has 0 fully saturated rings. The Morgan fingerprint density at radius 3 is 2.63 bits per heavy atom. The molecule has 0 aliphatic carbocycles. The van der Waals surface area contributed by atoms with Gasteiger partial charge in [0, 0.05) is 23.7 Å². The number of carbonyl (C=O) groups is 1. The van der Waals surface area contributed by atoms with E-state index >= 15 is 0 Å². The Bertz CT molecular complexity index is 1150. The van der Waals surface area contributed by atoms with Crippen LogP contribution in [0.4, 0.5) is 5.69 Å². The number of fused-ring (bicyclic) bond motifs is 1. The third-order valence-corrected chi connectivity index (χ3v) is 4.74. The molecule has 1 amide bonds. The molecule has 0 bridgehead atoms. The van der Waals surface area contributed by atoms with Crippen molar-refractivity contribution >= 4 is 22.5 Å². The van der Waals surface area contributed by atoms with Crippen molar-refractivity contribution in [2.75, 3.05) is 5.32 Å². The van der Waals surface area contributed by atoms with Crippen LogP contribution < -0.4 is 5.32 Å². The van der Waals surface area contributed by atoms with Gasteiger partial charge in [-0.05, 0) is 32.9 Å². The van der Waals surface area contributed by atoms with Gasteiger partial charge in [0.2, 0.25) is 0 Å². The molecule has 0 aliphatic heterocycles. The van der Waals surface area contributed by atoms with Gasteiger partial charge in [-0.1, -0.05) is 23.4 Å². The van der Waals surface area contributed by atoms with E-state index in [-0.39, 0.29) is 5.91 Å². The summed E-state index contributed by atoms with van der Waals surface area (Å²) in [5.74, 6) is 0.341. The molecular formula is C20H19N5O2. The average Bonchev–Trinajstić information content (AvgIpc) is 3.17. The Hall–Kier alpha value is -3.48. The summed E-state index contributed by atoms with van der Waals surface area (Å²) in [4.78, 5) is 17.8. The Labute approximate surface area is 156 Å². The van der Waals surface area contributed by atoms with E-state index in [1.165, 1.54) is 0 Å². The van der Waals surface area contributed by atoms with Crippen LogP contribution in [0.25, 0.3) is 22.2 Å². The molecule has 0 unspecified atom stereocenters. The van der Waals surface area contributed by atoms with Gasteiger partial charge in [-0.25, -0.2) is 4.98 Å². The lowest BCUT2D eigenvalue weighted by atomic mass is 10.0. The van der Waals surface area contributed by atoms with Gasteiger partial charge >= 0.3 is 0 Å². The van der Waals surface area contributed by atoms with Crippen LogP contribution in [0.2, 0.25) is 0 Å². The van der Waals surface area contributed by atoms with E-state index in [0.717, 1.165) is 22.2 Å². The summed E-state index contributed by atoms with van der Waals surface area (Å²) in [5, 5.41) is 11.9. The van der Waals surface area contributed by atoms with Crippen LogP contribution >= 0.6 is 0 Å². The molecule has 0 radical (unpaired) electrons. The molecule has 0 aliphatic rings. The molecule has 3 aromatic heterocycles. The summed E-state index contributed by atoms with van der Waals surface area (Å²) in [6.07, 6.45) is 1.77. The highest BCUT2D eigenvalue weighted by molar-refractivity contribution is 6.13. The van der Waals surface area contributed by atoms with E-state index in [9.17, 15) is 4.79 Å². The van der Waals surface area contributed by atoms with Crippen molar-refractivity contribution in [3.05, 3.63) is 59.2 Å². The third kappa shape index (κ3) is 2.87. The maximum Gasteiger partial charge on any atom is 0.256 e. The van der Waals surface area contributed by atoms with Gasteiger partial charge < -0.3 is 9.84 Å². The highest BCUT2D eigenvalue weighted by atomic mass is 16.5. The molecule has 0 spiro atoms. The molecule has 4 aromatic rings. The number of rotatable bonds is 3. The molecule has 1 aromatic carbocycles. The fourth-order valence-electron chi connectivity index (χ4n) is 3.09. The Kier molecular flexibility index (Phi) is 3.99. The predicted octanol–water partition coefficient (Wildman–Crippen LogP) is 3.80. The number of aromatic nitrogens is 4. The number of nitrogens with one attached hydrogen (secondary N) is 1. The van der Waals surface area contributed by atoms with E-state index in [2.05, 4.69) is 15.6 Å². The second-order valence-corrected chi connectivity index (χ2v) is 6.49. The largest absolute Gasteiger partial charge is 0.359 e. The Morgan fingerprint density at radius 1 is 1.19 bits per heavy atom. The van der Waals surface area contributed by atoms with Gasteiger partial charge in [0.15, 0.2) is 5.76 Å². The summed E-state index contributed by atoms with van der Waals surface area (Å²) in [7, 11) is 1.88. The number of amides is 1. The third-order valence-electron chi connectivity index (χ3n) is 4.74. The molecule has 4 rings (SSSR count). The van der Waals surface area contributed by atoms with Crippen LogP contribution in [0.3, 0.4) is 0 Å². The standard InChI is InChI=1S/C20H19N5O2/c1-11-19(13(3)27-24-11)23-20(26)15-9-18(16-10-21-25(4)12(16)2)22-17-8-6-5-7-14(15)17/h5-10H,1-4H3,(H,23,26). The van der Waals surface area contributed by atoms with Crippen LogP contribution in [0, 0.1) is 20.8 Å². The molecule has 1 N–H and O–H groups in total. The van der Waals surface area contributed by atoms with Gasteiger partial charge in [0.05, 0.1) is 23.0 Å². The van der Waals surface area contributed by atoms with Crippen molar-refractivity contribution in [1.29, 1.82) is 0 Å². The SMILES string of the molecule is Cc1noc(C)c1NC(=O)c1cc(-c2cnn(C)c2C)nc2ccccc12. The smallest absolute Gasteiger partial charge is 0.256 e. The van der Waals surface area contributed by atoms with E-state index in [1.807, 2.05) is 38.2 Å². The van der Waals surface area contributed by atoms with Crippen LogP contribution in [0.15, 0.2) is 41.1 Å². The first-order valence-corrected chi connectivity index (χ1v) is 8.58. The molecule has 7 heteroatoms. The van der Waals surface area contributed by atoms with E-state index in [0.29, 0.717) is 28.4 Å². The predicted molar refractivity (Wildman–Crippen MR) is 103 cm³/mol. The number of nitrogens with zero attached hydrogens (tertiary/aromatic N) is 4. The lowest BCUT2D eigenvalue weighted by Crippen LogP contribution is -2.14. The lowest BCUT2D eigenvalue weighted by Gasteiger charge is -2.10. The first kappa shape index (κ1) is 17.0. The number of aryl methyl sites for hydroxylation is 3. The van der Waals surface area contributed by atoms with Crippen molar-refractivity contribution in [3.8, 4) is 11.3 Å². The number of hydrogen-bond donors (Lipinski definition) is 1. The van der Waals surface area contributed by atoms with Crippen LogP contribution in [0.5, 0.6) is 0 Å². The lowest BCUT2D eigenvalue weighted by molar-refractivity contribution is 0.102. The second kappa shape index (κ2) is 6.35. The normalized spacial score (nSPS) is 11.1. The van der Waals surface area contributed by atoms with Crippen molar-refractivity contribution in [2.45, 2.75) is 20.8 Å². The zero-order chi connectivity index (χ0) is 19.1. The fourth-order valence-corrected chi connectivity index (χ4v) is 3.09. The highest BCUT2D eigenvalue weighted by Gasteiger charge is 2.19. The number of hydrogen-bond acceptors (Lipinski definition) is 5. The number of carbonyl (C=O) groups excluding carboxylic acids is 1. The molecule has 3 heterocycles. The molecule has 0 atom stereocenters. The van der Waals surface area contributed by atoms with Gasteiger partial charge in [0.1, 0.15) is 11.4 Å². The minimum Gasteiger partial charge on any atom is -0.359 e. The fraction of sp³-hybridized carbons (Fsp3) is 0.200. The minimum absolute atomic E-state index is 0.231. The summed E-state index contributed by atoms with van der Waals surface area (Å²) >= 11 is 0. The minimum atomic E-state index is -0.231. The van der Waals surface area contributed by atoms with Crippen molar-refractivity contribution < 1.29 is 9.32 Å². The van der Waals surface area contributed by atoms with Crippen molar-refractivity contribution in [3.63, 3.8) is 0 Å². The zero-order valence-corrected chi connectivity index (χ0v) is 15.6. The quantitative estimate of drug-likeness (QED) is 0.600. The molecule has 27 heavy (non-hydrogen) atoms. The first-order chi connectivity index (χ1) is 13.0. The van der Waals surface area contributed by atoms with Gasteiger partial charge in [0.25, 0.3) is 5.91 Å². The van der Waals surface area contributed by atoms with E-state index in [4.69, 9.17) is 9.51 Å². The number of anilines is 1. The molecular weight excluding hydrogens is 342 g/mol. The summed E-state index contributed by atoms with van der Waals surface area (Å²) in [6, 6.07) is 9.40. The van der Waals surface area contributed by atoms with E-state index < -0.39 is 0 Å². The highest BCUT2D eigenvalue weighted by Crippen LogP contribution is 2.28. The van der Waals surface area contributed by atoms with Crippen molar-refractivity contribution in [1.82, 2.24) is 19.9 Å². The van der Waals surface area contributed by atoms with Crippen LogP contribution in [-0.4, -0.2) is 25.8 Å². The molecule has 136 valence electrons. The first-order valence-electron chi connectivity index (χ1n) is 8.58. The maximum atomic E-state index is 13.1. The summed E-state index contributed by atoms with van der Waals surface area (Å²) in [6.45, 7) is 5.54. The number of pyridine rings is 1. The number of benzene rings is 1. The molecule has 0 saturated carbocycles. The Balaban J connectivity index is 1.86. The Morgan fingerprint density at radius 2 is 1.96 bits per heavy atom. The van der Waals surface area contributed by atoms with E-state index in [1.54, 1.807) is 30.8 Å².